The van der Waals surface area contributed by atoms with E-state index >= 15 is 0 Å². The van der Waals surface area contributed by atoms with Gasteiger partial charge in [0.15, 0.2) is 0 Å². The van der Waals surface area contributed by atoms with Crippen LogP contribution in [0.1, 0.15) is 107 Å². The summed E-state index contributed by atoms with van der Waals surface area (Å²) in [4.78, 5) is 87.4. The molecule has 0 aromatic heterocycles. The molecule has 0 amide bonds. The van der Waals surface area contributed by atoms with E-state index in [-0.39, 0.29) is 63.1 Å². The highest BCUT2D eigenvalue weighted by Gasteiger charge is 2.45. The van der Waals surface area contributed by atoms with Gasteiger partial charge < -0.3 is 23.7 Å². The molecule has 12 nitrogen and oxygen atoms in total. The van der Waals surface area contributed by atoms with Crippen LogP contribution in [-0.4, -0.2) is 74.4 Å². The normalized spacial score (nSPS) is 14.0. The Balaban J connectivity index is 5.99. The van der Waals surface area contributed by atoms with Gasteiger partial charge in [0.2, 0.25) is 0 Å². The molecule has 0 spiro atoms. The largest absolute Gasteiger partial charge is 0.465 e. The monoisotopic (exact) mass is 614 g/mol. The van der Waals surface area contributed by atoms with Gasteiger partial charge in [-0.3, -0.25) is 33.6 Å². The molecule has 43 heavy (non-hydrogen) atoms. The molecule has 2 unspecified atom stereocenters. The Morgan fingerprint density at radius 2 is 0.884 bits per heavy atom. The summed E-state index contributed by atoms with van der Waals surface area (Å²) in [6.07, 6.45) is 1.13. The van der Waals surface area contributed by atoms with Crippen molar-refractivity contribution in [3.63, 3.8) is 0 Å². The Morgan fingerprint density at radius 1 is 0.488 bits per heavy atom. The summed E-state index contributed by atoms with van der Waals surface area (Å²) in [6, 6.07) is 0. The Kier molecular flexibility index (Phi) is 17.6. The summed E-state index contributed by atoms with van der Waals surface area (Å²) in [6.45, 7) is 10.7. The fourth-order valence-electron chi connectivity index (χ4n) is 3.58. The standard InChI is InChI=1S/C31H50O12/c1-9-16-39-27(37)31(8,20-42-26(36)29(6,17-23(33)11-3)15-14-22(32)10-2)21-43-28(38)30(7,18-40-24(34)12-4)19-41-25(35)13-5/h9-21H2,1-8H3. The van der Waals surface area contributed by atoms with E-state index in [1.165, 1.54) is 13.8 Å². The van der Waals surface area contributed by atoms with Gasteiger partial charge in [-0.25, -0.2) is 0 Å². The minimum atomic E-state index is -1.66. The maximum Gasteiger partial charge on any atom is 0.318 e. The SMILES string of the molecule is CCCOC(=O)C(C)(COC(=O)C(C)(COC(=O)CC)COC(=O)CC)COC(=O)C(C)(CCC(=O)CC)CC(=O)CC. The van der Waals surface area contributed by atoms with E-state index in [9.17, 15) is 33.6 Å². The van der Waals surface area contributed by atoms with E-state index in [0.717, 1.165) is 0 Å². The van der Waals surface area contributed by atoms with Gasteiger partial charge in [-0.15, -0.1) is 0 Å². The molecule has 0 aromatic carbocycles. The molecular formula is C31H50O12. The number of carbonyl (C=O) groups excluding carboxylic acids is 7. The zero-order chi connectivity index (χ0) is 33.3. The van der Waals surface area contributed by atoms with Crippen molar-refractivity contribution in [3.8, 4) is 0 Å². The third-order valence-electron chi connectivity index (χ3n) is 6.97. The fraction of sp³-hybridized carbons (Fsp3) is 0.774. The molecule has 0 radical (unpaired) electrons. The van der Waals surface area contributed by atoms with E-state index in [1.807, 2.05) is 0 Å². The molecule has 0 bridgehead atoms. The van der Waals surface area contributed by atoms with Crippen LogP contribution in [0.4, 0.5) is 0 Å². The van der Waals surface area contributed by atoms with Gasteiger partial charge in [-0.2, -0.15) is 0 Å². The predicted molar refractivity (Wildman–Crippen MR) is 154 cm³/mol. The highest BCUT2D eigenvalue weighted by molar-refractivity contribution is 5.88. The number of ketones is 2. The van der Waals surface area contributed by atoms with Crippen molar-refractivity contribution in [1.82, 2.24) is 0 Å². The number of rotatable bonds is 22. The second-order valence-electron chi connectivity index (χ2n) is 11.5. The minimum Gasteiger partial charge on any atom is -0.465 e. The zero-order valence-corrected chi connectivity index (χ0v) is 27.1. The van der Waals surface area contributed by atoms with Gasteiger partial charge in [-0.1, -0.05) is 34.6 Å². The van der Waals surface area contributed by atoms with Crippen molar-refractivity contribution < 1.29 is 57.2 Å². The van der Waals surface area contributed by atoms with Crippen LogP contribution in [0, 0.1) is 16.2 Å². The first-order valence-electron chi connectivity index (χ1n) is 14.9. The van der Waals surface area contributed by atoms with E-state index in [1.54, 1.807) is 41.5 Å². The average molecular weight is 615 g/mol. The van der Waals surface area contributed by atoms with Gasteiger partial charge >= 0.3 is 29.8 Å². The molecule has 0 fully saturated rings. The molecule has 2 atom stereocenters. The molecule has 0 heterocycles. The third kappa shape index (κ3) is 13.7. The van der Waals surface area contributed by atoms with Crippen molar-refractivity contribution in [1.29, 1.82) is 0 Å². The van der Waals surface area contributed by atoms with Gasteiger partial charge in [0.1, 0.15) is 48.8 Å². The summed E-state index contributed by atoms with van der Waals surface area (Å²) in [5.74, 6) is -3.90. The van der Waals surface area contributed by atoms with Crippen LogP contribution < -0.4 is 0 Å². The molecule has 0 aliphatic heterocycles. The lowest BCUT2D eigenvalue weighted by Crippen LogP contribution is -2.45. The minimum absolute atomic E-state index is 0.0575. The van der Waals surface area contributed by atoms with Gasteiger partial charge in [0.05, 0.1) is 12.0 Å². The van der Waals surface area contributed by atoms with Gasteiger partial charge in [-0.05, 0) is 33.6 Å². The lowest BCUT2D eigenvalue weighted by atomic mass is 9.79. The third-order valence-corrected chi connectivity index (χ3v) is 6.97. The molecule has 0 aliphatic rings. The zero-order valence-electron chi connectivity index (χ0n) is 27.1. The van der Waals surface area contributed by atoms with Crippen LogP contribution >= 0.6 is 0 Å². The first-order valence-corrected chi connectivity index (χ1v) is 14.9. The molecule has 0 saturated carbocycles. The Hall–Kier alpha value is -3.31. The van der Waals surface area contributed by atoms with Crippen molar-refractivity contribution in [2.45, 2.75) is 107 Å². The van der Waals surface area contributed by atoms with Crippen LogP contribution in [0.15, 0.2) is 0 Å². The molecule has 0 rings (SSSR count). The van der Waals surface area contributed by atoms with Crippen LogP contribution in [-0.2, 0) is 57.2 Å². The second kappa shape index (κ2) is 19.1. The number of carbonyl (C=O) groups is 7. The van der Waals surface area contributed by atoms with Gasteiger partial charge in [0, 0.05) is 38.5 Å². The van der Waals surface area contributed by atoms with E-state index in [2.05, 4.69) is 0 Å². The number of Topliss-reactive ketones (excluding diaryl/α,β-unsaturated/α-hetero) is 2. The maximum absolute atomic E-state index is 13.3. The first-order chi connectivity index (χ1) is 20.1. The summed E-state index contributed by atoms with van der Waals surface area (Å²) >= 11 is 0. The van der Waals surface area contributed by atoms with Crippen molar-refractivity contribution >= 4 is 41.4 Å². The summed E-state index contributed by atoms with van der Waals surface area (Å²) in [5, 5.41) is 0. The average Bonchev–Trinajstić information content (AvgIpc) is 3.00. The fourth-order valence-corrected chi connectivity index (χ4v) is 3.58. The lowest BCUT2D eigenvalue weighted by Gasteiger charge is -2.32. The second-order valence-corrected chi connectivity index (χ2v) is 11.5. The van der Waals surface area contributed by atoms with Crippen LogP contribution in [0.2, 0.25) is 0 Å². The summed E-state index contributed by atoms with van der Waals surface area (Å²) in [5.41, 5.74) is -4.56. The van der Waals surface area contributed by atoms with E-state index in [0.29, 0.717) is 6.42 Å². The highest BCUT2D eigenvalue weighted by Crippen LogP contribution is 2.33. The maximum atomic E-state index is 13.3. The van der Waals surface area contributed by atoms with Crippen LogP contribution in [0.25, 0.3) is 0 Å². The smallest absolute Gasteiger partial charge is 0.318 e. The summed E-state index contributed by atoms with van der Waals surface area (Å²) in [7, 11) is 0. The van der Waals surface area contributed by atoms with E-state index < -0.39 is 72.5 Å². The first kappa shape index (κ1) is 39.7. The molecule has 0 aliphatic carbocycles. The molecule has 0 aromatic rings. The Bertz CT molecular complexity index is 967. The molecular weight excluding hydrogens is 564 g/mol. The quantitative estimate of drug-likeness (QED) is 0.127. The lowest BCUT2D eigenvalue weighted by molar-refractivity contribution is -0.180. The predicted octanol–water partition coefficient (Wildman–Crippen LogP) is 4.08. The number of hydrogen-bond acceptors (Lipinski definition) is 12. The Labute approximate surface area is 254 Å². The van der Waals surface area contributed by atoms with Crippen LogP contribution in [0.3, 0.4) is 0 Å². The van der Waals surface area contributed by atoms with Crippen LogP contribution in [0.5, 0.6) is 0 Å². The molecule has 0 saturated heterocycles. The van der Waals surface area contributed by atoms with E-state index in [4.69, 9.17) is 23.7 Å². The molecule has 0 N–H and O–H groups in total. The van der Waals surface area contributed by atoms with Crippen molar-refractivity contribution in [2.24, 2.45) is 16.2 Å². The number of ether oxygens (including phenoxy) is 5. The van der Waals surface area contributed by atoms with Gasteiger partial charge in [0.25, 0.3) is 0 Å². The highest BCUT2D eigenvalue weighted by atomic mass is 16.6. The number of esters is 5. The Morgan fingerprint density at radius 3 is 1.28 bits per heavy atom. The topological polar surface area (TPSA) is 166 Å². The molecule has 12 heteroatoms. The van der Waals surface area contributed by atoms with Crippen molar-refractivity contribution in [3.05, 3.63) is 0 Å². The van der Waals surface area contributed by atoms with Crippen molar-refractivity contribution in [2.75, 3.05) is 33.0 Å². The number of hydrogen-bond donors (Lipinski definition) is 0. The summed E-state index contributed by atoms with van der Waals surface area (Å²) < 4.78 is 26.6. The molecule has 246 valence electrons.